The molecule has 27 heavy (non-hydrogen) atoms. The van der Waals surface area contributed by atoms with Gasteiger partial charge >= 0.3 is 11.9 Å². The van der Waals surface area contributed by atoms with Gasteiger partial charge in [0.15, 0.2) is 12.4 Å². The van der Waals surface area contributed by atoms with E-state index in [0.717, 1.165) is 4.88 Å². The first-order valence-corrected chi connectivity index (χ1v) is 8.91. The van der Waals surface area contributed by atoms with Crippen LogP contribution in [-0.4, -0.2) is 36.8 Å². The number of rotatable bonds is 7. The molecule has 9 heteroatoms. The molecule has 2 aromatic heterocycles. The van der Waals surface area contributed by atoms with Crippen molar-refractivity contribution in [3.05, 3.63) is 38.8 Å². The van der Waals surface area contributed by atoms with E-state index in [-0.39, 0.29) is 29.4 Å². The fraction of sp³-hybridized carbons (Fsp3) is 0.333. The lowest BCUT2D eigenvalue weighted by Gasteiger charge is -2.06. The number of furan rings is 1. The van der Waals surface area contributed by atoms with Crippen LogP contribution >= 0.6 is 11.3 Å². The van der Waals surface area contributed by atoms with Gasteiger partial charge in [-0.25, -0.2) is 9.59 Å². The number of carbonyl (C=O) groups is 4. The van der Waals surface area contributed by atoms with Crippen molar-refractivity contribution in [1.29, 1.82) is 0 Å². The van der Waals surface area contributed by atoms with E-state index in [1.807, 2.05) is 6.92 Å². The number of nitrogens with one attached hydrogen (secondary N) is 1. The van der Waals surface area contributed by atoms with Crippen LogP contribution in [0.2, 0.25) is 0 Å². The SMILES string of the molecule is CCOC(=O)c1c(NC(=O)COC(=O)c2ccc(C)s2)oc(C)c1C(C)=O. The van der Waals surface area contributed by atoms with Crippen molar-refractivity contribution in [3.63, 3.8) is 0 Å². The largest absolute Gasteiger partial charge is 0.462 e. The molecule has 0 radical (unpaired) electrons. The molecule has 0 atom stereocenters. The van der Waals surface area contributed by atoms with Crippen LogP contribution in [0.1, 0.15) is 54.9 Å². The van der Waals surface area contributed by atoms with Crippen LogP contribution in [0.4, 0.5) is 5.88 Å². The third kappa shape index (κ3) is 4.82. The first-order valence-electron chi connectivity index (χ1n) is 8.09. The number of thiophene rings is 1. The molecule has 0 aromatic carbocycles. The molecule has 0 aliphatic carbocycles. The van der Waals surface area contributed by atoms with Gasteiger partial charge in [0.1, 0.15) is 16.2 Å². The lowest BCUT2D eigenvalue weighted by Crippen LogP contribution is -2.22. The van der Waals surface area contributed by atoms with Crippen LogP contribution < -0.4 is 5.32 Å². The van der Waals surface area contributed by atoms with E-state index in [1.54, 1.807) is 19.1 Å². The molecule has 0 saturated carbocycles. The van der Waals surface area contributed by atoms with Crippen molar-refractivity contribution >= 4 is 40.9 Å². The maximum Gasteiger partial charge on any atom is 0.348 e. The van der Waals surface area contributed by atoms with Gasteiger partial charge in [-0.15, -0.1) is 11.3 Å². The highest BCUT2D eigenvalue weighted by molar-refractivity contribution is 7.13. The molecule has 0 unspecified atom stereocenters. The molecule has 1 amide bonds. The second-order valence-electron chi connectivity index (χ2n) is 5.55. The third-order valence-electron chi connectivity index (χ3n) is 3.44. The van der Waals surface area contributed by atoms with Crippen LogP contribution in [0.5, 0.6) is 0 Å². The van der Waals surface area contributed by atoms with Gasteiger partial charge in [0, 0.05) is 4.88 Å². The number of ketones is 1. The van der Waals surface area contributed by atoms with Crippen molar-refractivity contribution in [2.75, 3.05) is 18.5 Å². The molecular weight excluding hydrogens is 374 g/mol. The number of amides is 1. The van der Waals surface area contributed by atoms with E-state index >= 15 is 0 Å². The molecule has 2 aromatic rings. The Morgan fingerprint density at radius 1 is 1.07 bits per heavy atom. The van der Waals surface area contributed by atoms with Crippen molar-refractivity contribution in [3.8, 4) is 0 Å². The number of esters is 2. The average Bonchev–Trinajstić information content (AvgIpc) is 3.16. The molecule has 8 nitrogen and oxygen atoms in total. The lowest BCUT2D eigenvalue weighted by molar-refractivity contribution is -0.119. The van der Waals surface area contributed by atoms with Gasteiger partial charge in [0.05, 0.1) is 12.2 Å². The summed E-state index contributed by atoms with van der Waals surface area (Å²) in [6, 6.07) is 3.37. The predicted octanol–water partition coefficient (Wildman–Crippen LogP) is 3.13. The fourth-order valence-electron chi connectivity index (χ4n) is 2.36. The molecule has 0 bridgehead atoms. The molecule has 2 rings (SSSR count). The highest BCUT2D eigenvalue weighted by atomic mass is 32.1. The van der Waals surface area contributed by atoms with Gasteiger partial charge in [0.25, 0.3) is 5.91 Å². The van der Waals surface area contributed by atoms with Crippen LogP contribution in [0.25, 0.3) is 0 Å². The van der Waals surface area contributed by atoms with E-state index in [1.165, 1.54) is 25.2 Å². The summed E-state index contributed by atoms with van der Waals surface area (Å²) >= 11 is 1.25. The minimum Gasteiger partial charge on any atom is -0.462 e. The molecule has 144 valence electrons. The quantitative estimate of drug-likeness (QED) is 0.568. The molecule has 0 aliphatic heterocycles. The standard InChI is InChI=1S/C18H19NO7S/c1-5-24-18(23)15-14(10(3)20)11(4)26-16(15)19-13(21)8-25-17(22)12-7-6-9(2)27-12/h6-7H,5,8H2,1-4H3,(H,19,21). The van der Waals surface area contributed by atoms with Gasteiger partial charge in [0.2, 0.25) is 5.88 Å². The summed E-state index contributed by atoms with van der Waals surface area (Å²) in [5.74, 6) is -2.59. The van der Waals surface area contributed by atoms with Crippen molar-refractivity contribution in [2.45, 2.75) is 27.7 Å². The van der Waals surface area contributed by atoms with Crippen LogP contribution in [-0.2, 0) is 14.3 Å². The van der Waals surface area contributed by atoms with Gasteiger partial charge in [-0.2, -0.15) is 0 Å². The molecule has 0 saturated heterocycles. The Balaban J connectivity index is 2.12. The molecule has 0 aliphatic rings. The first kappa shape index (κ1) is 20.4. The van der Waals surface area contributed by atoms with Gasteiger partial charge in [-0.05, 0) is 39.8 Å². The fourth-order valence-corrected chi connectivity index (χ4v) is 3.13. The number of aryl methyl sites for hydroxylation is 2. The minimum absolute atomic E-state index is 0.0369. The lowest BCUT2D eigenvalue weighted by atomic mass is 10.1. The summed E-state index contributed by atoms with van der Waals surface area (Å²) in [6.07, 6.45) is 0. The van der Waals surface area contributed by atoms with Crippen molar-refractivity contribution in [1.82, 2.24) is 0 Å². The average molecular weight is 393 g/mol. The molecule has 2 heterocycles. The van der Waals surface area contributed by atoms with E-state index in [0.29, 0.717) is 4.88 Å². The Morgan fingerprint density at radius 2 is 1.78 bits per heavy atom. The summed E-state index contributed by atoms with van der Waals surface area (Å²) in [6.45, 7) is 5.74. The zero-order valence-electron chi connectivity index (χ0n) is 15.3. The zero-order chi connectivity index (χ0) is 20.1. The molecule has 1 N–H and O–H groups in total. The summed E-state index contributed by atoms with van der Waals surface area (Å²) in [5, 5.41) is 2.35. The number of anilines is 1. The summed E-state index contributed by atoms with van der Waals surface area (Å²) < 4.78 is 15.2. The van der Waals surface area contributed by atoms with Crippen LogP contribution in [0.15, 0.2) is 16.5 Å². The summed E-state index contributed by atoms with van der Waals surface area (Å²) in [5.41, 5.74) is -0.120. The number of hydrogen-bond donors (Lipinski definition) is 1. The molecular formula is C18H19NO7S. The highest BCUT2D eigenvalue weighted by Crippen LogP contribution is 2.28. The van der Waals surface area contributed by atoms with Crippen molar-refractivity contribution < 1.29 is 33.1 Å². The van der Waals surface area contributed by atoms with Crippen molar-refractivity contribution in [2.24, 2.45) is 0 Å². The van der Waals surface area contributed by atoms with Crippen LogP contribution in [0, 0.1) is 13.8 Å². The van der Waals surface area contributed by atoms with E-state index in [2.05, 4.69) is 5.32 Å². The maximum atomic E-state index is 12.2. The van der Waals surface area contributed by atoms with Gasteiger partial charge in [-0.3, -0.25) is 14.9 Å². The van der Waals surface area contributed by atoms with Gasteiger partial charge in [-0.1, -0.05) is 0 Å². The number of ether oxygens (including phenoxy) is 2. The number of hydrogen-bond acceptors (Lipinski definition) is 8. The maximum absolute atomic E-state index is 12.2. The highest BCUT2D eigenvalue weighted by Gasteiger charge is 2.29. The Labute approximate surface area is 159 Å². The van der Waals surface area contributed by atoms with E-state index in [4.69, 9.17) is 13.9 Å². The minimum atomic E-state index is -0.791. The topological polar surface area (TPSA) is 112 Å². The second-order valence-corrected chi connectivity index (χ2v) is 6.84. The molecule has 0 spiro atoms. The smallest absolute Gasteiger partial charge is 0.348 e. The monoisotopic (exact) mass is 393 g/mol. The Morgan fingerprint density at radius 3 is 2.33 bits per heavy atom. The van der Waals surface area contributed by atoms with E-state index < -0.39 is 30.2 Å². The second kappa shape index (κ2) is 8.63. The van der Waals surface area contributed by atoms with Crippen LogP contribution in [0.3, 0.4) is 0 Å². The number of carbonyl (C=O) groups excluding carboxylic acids is 4. The summed E-state index contributed by atoms with van der Waals surface area (Å²) in [4.78, 5) is 49.3. The Bertz CT molecular complexity index is 894. The normalized spacial score (nSPS) is 10.4. The summed E-state index contributed by atoms with van der Waals surface area (Å²) in [7, 11) is 0. The predicted molar refractivity (Wildman–Crippen MR) is 97.4 cm³/mol. The van der Waals surface area contributed by atoms with E-state index in [9.17, 15) is 19.2 Å². The number of Topliss-reactive ketones (excluding diaryl/α,β-unsaturated/α-hetero) is 1. The Hall–Kier alpha value is -2.94. The zero-order valence-corrected chi connectivity index (χ0v) is 16.2. The van der Waals surface area contributed by atoms with Gasteiger partial charge < -0.3 is 13.9 Å². The third-order valence-corrected chi connectivity index (χ3v) is 4.43. The molecule has 0 fully saturated rings. The Kier molecular flexibility index (Phi) is 6.51. The first-order chi connectivity index (χ1) is 12.7.